The maximum absolute atomic E-state index is 13.7. The number of rotatable bonds is 4. The zero-order valence-electron chi connectivity index (χ0n) is 16.9. The Kier molecular flexibility index (Phi) is 5.29. The highest BCUT2D eigenvalue weighted by Crippen LogP contribution is 2.50. The molecule has 2 fully saturated rings. The van der Waals surface area contributed by atoms with E-state index < -0.39 is 24.0 Å². The first-order valence-electron chi connectivity index (χ1n) is 9.98. The van der Waals surface area contributed by atoms with E-state index in [-0.39, 0.29) is 5.91 Å². The number of hydrogen-bond donors (Lipinski definition) is 0. The molecule has 0 aromatic heterocycles. The van der Waals surface area contributed by atoms with Crippen molar-refractivity contribution in [3.8, 4) is 5.75 Å². The molecule has 2 aliphatic rings. The second-order valence-electron chi connectivity index (χ2n) is 7.51. The van der Waals surface area contributed by atoms with Crippen molar-refractivity contribution in [2.24, 2.45) is 5.92 Å². The molecule has 2 amide bonds. The van der Waals surface area contributed by atoms with Crippen molar-refractivity contribution in [1.82, 2.24) is 0 Å². The molecule has 5 rings (SSSR count). The van der Waals surface area contributed by atoms with Gasteiger partial charge < -0.3 is 4.74 Å². The molecule has 0 unspecified atom stereocenters. The number of carbonyl (C=O) groups excluding carboxylic acids is 2. The number of nitrogens with zero attached hydrogens (tertiary/aromatic N) is 2. The molecule has 0 aliphatic carbocycles. The van der Waals surface area contributed by atoms with Gasteiger partial charge in [-0.05, 0) is 42.0 Å². The molecule has 2 saturated heterocycles. The maximum atomic E-state index is 13.7. The predicted molar refractivity (Wildman–Crippen MR) is 122 cm³/mol. The van der Waals surface area contributed by atoms with Crippen molar-refractivity contribution in [1.29, 1.82) is 0 Å². The summed E-state index contributed by atoms with van der Waals surface area (Å²) in [4.78, 5) is 34.3. The summed E-state index contributed by atoms with van der Waals surface area (Å²) in [6.07, 6.45) is -0.996. The first-order valence-corrected chi connectivity index (χ1v) is 10.7. The summed E-state index contributed by atoms with van der Waals surface area (Å²) in [6, 6.07) is 20.7. The number of hydroxylamine groups is 1. The predicted octanol–water partition coefficient (Wildman–Crippen LogP) is 5.05. The Morgan fingerprint density at radius 2 is 1.62 bits per heavy atom. The fourth-order valence-electron chi connectivity index (χ4n) is 4.32. The van der Waals surface area contributed by atoms with Gasteiger partial charge in [0.15, 0.2) is 6.10 Å². The van der Waals surface area contributed by atoms with Crippen molar-refractivity contribution in [3.63, 3.8) is 0 Å². The number of imide groups is 1. The lowest BCUT2D eigenvalue weighted by molar-refractivity contribution is -0.126. The Balaban J connectivity index is 1.62. The van der Waals surface area contributed by atoms with E-state index in [4.69, 9.17) is 32.8 Å². The van der Waals surface area contributed by atoms with E-state index in [1.165, 1.54) is 7.11 Å². The molecule has 3 aromatic rings. The second kappa shape index (κ2) is 8.13. The number of benzene rings is 3. The van der Waals surface area contributed by atoms with Crippen LogP contribution < -0.4 is 14.7 Å². The molecule has 162 valence electrons. The topological polar surface area (TPSA) is 59.1 Å². The van der Waals surface area contributed by atoms with Gasteiger partial charge in [0, 0.05) is 10.0 Å². The molecule has 0 bridgehead atoms. The summed E-state index contributed by atoms with van der Waals surface area (Å²) in [6.45, 7) is 0. The molecule has 0 radical (unpaired) electrons. The SMILES string of the molecule is COc1ccccc1N1C(=O)[C@@H]2[C@@H](c3ccc(Cl)cc3Cl)N(c3ccccc3)O[C@H]2C1=O. The van der Waals surface area contributed by atoms with Crippen LogP contribution in [0.1, 0.15) is 11.6 Å². The Bertz CT molecular complexity index is 1200. The summed E-state index contributed by atoms with van der Waals surface area (Å²) in [5.74, 6) is -1.20. The summed E-state index contributed by atoms with van der Waals surface area (Å²) in [5.41, 5.74) is 1.74. The summed E-state index contributed by atoms with van der Waals surface area (Å²) in [7, 11) is 1.49. The van der Waals surface area contributed by atoms with Gasteiger partial charge in [0.2, 0.25) is 5.91 Å². The molecular weight excluding hydrogens is 451 g/mol. The van der Waals surface area contributed by atoms with Crippen molar-refractivity contribution in [2.75, 3.05) is 17.1 Å². The van der Waals surface area contributed by atoms with Crippen LogP contribution in [0.2, 0.25) is 10.0 Å². The standard InChI is InChI=1S/C24H18Cl2N2O4/c1-31-19-10-6-5-9-18(19)27-23(29)20-21(16-12-11-14(25)13-17(16)26)28(32-22(20)24(27)30)15-7-3-2-4-8-15/h2-13,20-22H,1H3/t20-,21-,22-/m1/s1. The maximum Gasteiger partial charge on any atom is 0.266 e. The van der Waals surface area contributed by atoms with Gasteiger partial charge >= 0.3 is 0 Å². The van der Waals surface area contributed by atoms with E-state index in [9.17, 15) is 9.59 Å². The molecule has 0 spiro atoms. The molecule has 0 N–H and O–H groups in total. The van der Waals surface area contributed by atoms with Crippen LogP contribution in [-0.4, -0.2) is 25.0 Å². The summed E-state index contributed by atoms with van der Waals surface area (Å²) in [5, 5.41) is 2.47. The van der Waals surface area contributed by atoms with E-state index in [0.29, 0.717) is 32.7 Å². The quantitative estimate of drug-likeness (QED) is 0.501. The van der Waals surface area contributed by atoms with Crippen molar-refractivity contribution in [3.05, 3.63) is 88.4 Å². The fraction of sp³-hybridized carbons (Fsp3) is 0.167. The Morgan fingerprint density at radius 3 is 2.34 bits per heavy atom. The number of hydrogen-bond acceptors (Lipinski definition) is 5. The highest BCUT2D eigenvalue weighted by atomic mass is 35.5. The zero-order valence-corrected chi connectivity index (χ0v) is 18.5. The van der Waals surface area contributed by atoms with Crippen LogP contribution in [-0.2, 0) is 14.4 Å². The average molecular weight is 469 g/mol. The zero-order chi connectivity index (χ0) is 22.4. The molecule has 2 heterocycles. The number of carbonyl (C=O) groups is 2. The van der Waals surface area contributed by atoms with Gasteiger partial charge in [0.25, 0.3) is 5.91 Å². The molecule has 3 atom stereocenters. The lowest BCUT2D eigenvalue weighted by Gasteiger charge is -2.29. The number of amides is 2. The summed E-state index contributed by atoms with van der Waals surface area (Å²) < 4.78 is 5.38. The van der Waals surface area contributed by atoms with E-state index >= 15 is 0 Å². The van der Waals surface area contributed by atoms with E-state index in [2.05, 4.69) is 0 Å². The highest BCUT2D eigenvalue weighted by Gasteiger charge is 2.61. The van der Waals surface area contributed by atoms with E-state index in [0.717, 1.165) is 4.90 Å². The fourth-order valence-corrected chi connectivity index (χ4v) is 4.84. The van der Waals surface area contributed by atoms with Crippen LogP contribution in [0, 0.1) is 5.92 Å². The minimum Gasteiger partial charge on any atom is -0.495 e. The minimum atomic E-state index is -0.996. The summed E-state index contributed by atoms with van der Waals surface area (Å²) >= 11 is 12.6. The van der Waals surface area contributed by atoms with E-state index in [1.54, 1.807) is 47.5 Å². The monoisotopic (exact) mass is 468 g/mol. The van der Waals surface area contributed by atoms with Gasteiger partial charge in [0.05, 0.1) is 24.5 Å². The molecule has 3 aromatic carbocycles. The Hall–Kier alpha value is -3.06. The average Bonchev–Trinajstić information content (AvgIpc) is 3.30. The van der Waals surface area contributed by atoms with Crippen molar-refractivity contribution in [2.45, 2.75) is 12.1 Å². The smallest absolute Gasteiger partial charge is 0.266 e. The third-order valence-electron chi connectivity index (χ3n) is 5.73. The molecule has 2 aliphatic heterocycles. The van der Waals surface area contributed by atoms with Crippen LogP contribution in [0.3, 0.4) is 0 Å². The van der Waals surface area contributed by atoms with Crippen molar-refractivity contribution < 1.29 is 19.2 Å². The lowest BCUT2D eigenvalue weighted by atomic mass is 9.90. The third-order valence-corrected chi connectivity index (χ3v) is 6.30. The van der Waals surface area contributed by atoms with Gasteiger partial charge in [0.1, 0.15) is 11.7 Å². The van der Waals surface area contributed by atoms with Gasteiger partial charge in [-0.3, -0.25) is 14.4 Å². The van der Waals surface area contributed by atoms with Gasteiger partial charge in [-0.2, -0.15) is 0 Å². The first-order chi connectivity index (χ1) is 15.5. The second-order valence-corrected chi connectivity index (χ2v) is 8.35. The number of methoxy groups -OCH3 is 1. The number of fused-ring (bicyclic) bond motifs is 1. The highest BCUT2D eigenvalue weighted by molar-refractivity contribution is 6.35. The van der Waals surface area contributed by atoms with Crippen LogP contribution in [0.15, 0.2) is 72.8 Å². The third kappa shape index (κ3) is 3.23. The lowest BCUT2D eigenvalue weighted by Crippen LogP contribution is -2.37. The molecule has 6 nitrogen and oxygen atoms in total. The normalized spacial score (nSPS) is 22.4. The first kappa shape index (κ1) is 20.8. The number of anilines is 2. The minimum absolute atomic E-state index is 0.376. The van der Waals surface area contributed by atoms with E-state index in [1.807, 2.05) is 30.3 Å². The van der Waals surface area contributed by atoms with Crippen LogP contribution in [0.25, 0.3) is 0 Å². The molecule has 32 heavy (non-hydrogen) atoms. The van der Waals surface area contributed by atoms with Crippen molar-refractivity contribution >= 4 is 46.4 Å². The molecule has 8 heteroatoms. The van der Waals surface area contributed by atoms with Gasteiger partial charge in [-0.1, -0.05) is 59.6 Å². The molecular formula is C24H18Cl2N2O4. The van der Waals surface area contributed by atoms with Crippen LogP contribution >= 0.6 is 23.2 Å². The van der Waals surface area contributed by atoms with Gasteiger partial charge in [-0.15, -0.1) is 0 Å². The van der Waals surface area contributed by atoms with Crippen LogP contribution in [0.5, 0.6) is 5.75 Å². The van der Waals surface area contributed by atoms with Gasteiger partial charge in [-0.25, -0.2) is 9.96 Å². The Labute approximate surface area is 194 Å². The largest absolute Gasteiger partial charge is 0.495 e. The number of halogens is 2. The van der Waals surface area contributed by atoms with Crippen LogP contribution in [0.4, 0.5) is 11.4 Å². The number of ether oxygens (including phenoxy) is 1. The Morgan fingerprint density at radius 1 is 0.906 bits per heavy atom. The molecule has 0 saturated carbocycles. The number of para-hydroxylation sites is 3.